The van der Waals surface area contributed by atoms with E-state index < -0.39 is 0 Å². The van der Waals surface area contributed by atoms with Crippen LogP contribution in [0.1, 0.15) is 19.0 Å². The van der Waals surface area contributed by atoms with Crippen LogP contribution in [0.4, 0.5) is 0 Å². The molecule has 0 atom stereocenters. The lowest BCUT2D eigenvalue weighted by molar-refractivity contribution is 0.396. The maximum absolute atomic E-state index is 5.17. The summed E-state index contributed by atoms with van der Waals surface area (Å²) < 4.78 is 5.17. The highest BCUT2D eigenvalue weighted by atomic mass is 16.5. The monoisotopic (exact) mass is 228 g/mol. The Bertz CT molecular complexity index is 483. The van der Waals surface area contributed by atoms with E-state index in [0.29, 0.717) is 5.88 Å². The van der Waals surface area contributed by atoms with Crippen molar-refractivity contribution < 1.29 is 4.74 Å². The number of hydrogen-bond donors (Lipinski definition) is 0. The molecule has 2 rings (SSSR count). The zero-order valence-corrected chi connectivity index (χ0v) is 10.2. The molecule has 0 aliphatic rings. The third kappa shape index (κ3) is 2.61. The van der Waals surface area contributed by atoms with Gasteiger partial charge in [-0.15, -0.1) is 0 Å². The summed E-state index contributed by atoms with van der Waals surface area (Å²) >= 11 is 0. The average Bonchev–Trinajstić information content (AvgIpc) is 2.40. The van der Waals surface area contributed by atoms with Crippen LogP contribution < -0.4 is 4.74 Å². The minimum atomic E-state index is 0.672. The highest BCUT2D eigenvalue weighted by Crippen LogP contribution is 2.25. The van der Waals surface area contributed by atoms with Gasteiger partial charge in [0.25, 0.3) is 0 Å². The standard InChI is InChI=1S/C14H16N2O/c1-3-4-13-12(5-6-14(16-13)17-2)11-7-9-15-10-8-11/h5-10H,3-4H2,1-2H3. The lowest BCUT2D eigenvalue weighted by Gasteiger charge is -2.09. The molecule has 0 amide bonds. The summed E-state index contributed by atoms with van der Waals surface area (Å²) in [6.07, 6.45) is 5.62. The van der Waals surface area contributed by atoms with Gasteiger partial charge in [-0.05, 0) is 30.2 Å². The molecule has 3 heteroatoms. The van der Waals surface area contributed by atoms with E-state index in [0.717, 1.165) is 29.7 Å². The number of methoxy groups -OCH3 is 1. The van der Waals surface area contributed by atoms with E-state index in [4.69, 9.17) is 4.74 Å². The Morgan fingerprint density at radius 2 is 1.88 bits per heavy atom. The molecule has 0 aliphatic carbocycles. The van der Waals surface area contributed by atoms with E-state index in [9.17, 15) is 0 Å². The third-order valence-electron chi connectivity index (χ3n) is 2.64. The molecular formula is C14H16N2O. The maximum Gasteiger partial charge on any atom is 0.213 e. The number of ether oxygens (including phenoxy) is 1. The molecule has 0 saturated heterocycles. The Morgan fingerprint density at radius 3 is 2.53 bits per heavy atom. The van der Waals surface area contributed by atoms with Crippen molar-refractivity contribution in [2.24, 2.45) is 0 Å². The van der Waals surface area contributed by atoms with E-state index >= 15 is 0 Å². The lowest BCUT2D eigenvalue weighted by Crippen LogP contribution is -1.97. The van der Waals surface area contributed by atoms with Gasteiger partial charge in [0.1, 0.15) is 0 Å². The van der Waals surface area contributed by atoms with Crippen molar-refractivity contribution in [1.29, 1.82) is 0 Å². The quantitative estimate of drug-likeness (QED) is 0.806. The van der Waals surface area contributed by atoms with Crippen LogP contribution >= 0.6 is 0 Å². The minimum Gasteiger partial charge on any atom is -0.481 e. The van der Waals surface area contributed by atoms with Gasteiger partial charge in [-0.3, -0.25) is 4.98 Å². The maximum atomic E-state index is 5.17. The van der Waals surface area contributed by atoms with Crippen LogP contribution in [0.15, 0.2) is 36.7 Å². The van der Waals surface area contributed by atoms with Crippen molar-refractivity contribution in [3.8, 4) is 17.0 Å². The van der Waals surface area contributed by atoms with Crippen molar-refractivity contribution in [3.63, 3.8) is 0 Å². The first-order valence-electron chi connectivity index (χ1n) is 5.79. The molecule has 0 radical (unpaired) electrons. The van der Waals surface area contributed by atoms with E-state index in [1.54, 1.807) is 19.5 Å². The molecule has 0 bridgehead atoms. The van der Waals surface area contributed by atoms with E-state index in [1.807, 2.05) is 18.2 Å². The first kappa shape index (κ1) is 11.6. The largest absolute Gasteiger partial charge is 0.481 e. The van der Waals surface area contributed by atoms with Crippen molar-refractivity contribution in [1.82, 2.24) is 9.97 Å². The number of nitrogens with zero attached hydrogens (tertiary/aromatic N) is 2. The van der Waals surface area contributed by atoms with Gasteiger partial charge in [0.2, 0.25) is 5.88 Å². The smallest absolute Gasteiger partial charge is 0.213 e. The predicted molar refractivity (Wildman–Crippen MR) is 68.0 cm³/mol. The summed E-state index contributed by atoms with van der Waals surface area (Å²) in [5, 5.41) is 0. The summed E-state index contributed by atoms with van der Waals surface area (Å²) in [4.78, 5) is 8.55. The minimum absolute atomic E-state index is 0.672. The zero-order chi connectivity index (χ0) is 12.1. The van der Waals surface area contributed by atoms with Crippen LogP contribution in [0.3, 0.4) is 0 Å². The Hall–Kier alpha value is -1.90. The van der Waals surface area contributed by atoms with Gasteiger partial charge in [-0.2, -0.15) is 0 Å². The number of pyridine rings is 2. The zero-order valence-electron chi connectivity index (χ0n) is 10.2. The molecule has 88 valence electrons. The lowest BCUT2D eigenvalue weighted by atomic mass is 10.0. The number of rotatable bonds is 4. The summed E-state index contributed by atoms with van der Waals surface area (Å²) in [6.45, 7) is 2.15. The van der Waals surface area contributed by atoms with Crippen LogP contribution in [-0.2, 0) is 6.42 Å². The fourth-order valence-corrected chi connectivity index (χ4v) is 1.82. The van der Waals surface area contributed by atoms with Gasteiger partial charge >= 0.3 is 0 Å². The normalized spacial score (nSPS) is 10.2. The second kappa shape index (κ2) is 5.43. The Balaban J connectivity index is 2.46. The Morgan fingerprint density at radius 1 is 1.12 bits per heavy atom. The molecule has 2 aromatic rings. The van der Waals surface area contributed by atoms with Crippen LogP contribution in [0.25, 0.3) is 11.1 Å². The number of aryl methyl sites for hydroxylation is 1. The fourth-order valence-electron chi connectivity index (χ4n) is 1.82. The summed E-state index contributed by atoms with van der Waals surface area (Å²) in [5.74, 6) is 0.672. The van der Waals surface area contributed by atoms with Crippen LogP contribution in [0.5, 0.6) is 5.88 Å². The highest BCUT2D eigenvalue weighted by molar-refractivity contribution is 5.65. The van der Waals surface area contributed by atoms with Gasteiger partial charge in [-0.1, -0.05) is 13.3 Å². The van der Waals surface area contributed by atoms with Gasteiger partial charge in [0, 0.05) is 24.0 Å². The molecule has 0 aliphatic heterocycles. The SMILES string of the molecule is CCCc1nc(OC)ccc1-c1ccncc1. The molecule has 3 nitrogen and oxygen atoms in total. The molecule has 17 heavy (non-hydrogen) atoms. The molecular weight excluding hydrogens is 212 g/mol. The molecule has 0 N–H and O–H groups in total. The second-order valence-electron chi connectivity index (χ2n) is 3.83. The van der Waals surface area contributed by atoms with Gasteiger partial charge < -0.3 is 4.74 Å². The van der Waals surface area contributed by atoms with Crippen molar-refractivity contribution >= 4 is 0 Å². The molecule has 0 fully saturated rings. The molecule has 0 unspecified atom stereocenters. The van der Waals surface area contributed by atoms with Crippen LogP contribution in [0, 0.1) is 0 Å². The molecule has 0 aromatic carbocycles. The summed E-state index contributed by atoms with van der Waals surface area (Å²) in [7, 11) is 1.64. The molecule has 2 heterocycles. The third-order valence-corrected chi connectivity index (χ3v) is 2.64. The van der Waals surface area contributed by atoms with E-state index in [1.165, 1.54) is 0 Å². The molecule has 2 aromatic heterocycles. The van der Waals surface area contributed by atoms with Crippen LogP contribution in [-0.4, -0.2) is 17.1 Å². The Kier molecular flexibility index (Phi) is 3.70. The van der Waals surface area contributed by atoms with Crippen molar-refractivity contribution in [2.45, 2.75) is 19.8 Å². The second-order valence-corrected chi connectivity index (χ2v) is 3.83. The van der Waals surface area contributed by atoms with E-state index in [2.05, 4.69) is 23.0 Å². The fraction of sp³-hybridized carbons (Fsp3) is 0.286. The number of aromatic nitrogens is 2. The highest BCUT2D eigenvalue weighted by Gasteiger charge is 2.07. The number of hydrogen-bond acceptors (Lipinski definition) is 3. The Labute approximate surface area is 102 Å². The van der Waals surface area contributed by atoms with Crippen molar-refractivity contribution in [3.05, 3.63) is 42.4 Å². The summed E-state index contributed by atoms with van der Waals surface area (Å²) in [5.41, 5.74) is 3.40. The van der Waals surface area contributed by atoms with Crippen LogP contribution in [0.2, 0.25) is 0 Å². The first-order valence-corrected chi connectivity index (χ1v) is 5.79. The van der Waals surface area contributed by atoms with Gasteiger partial charge in [0.15, 0.2) is 0 Å². The topological polar surface area (TPSA) is 35.0 Å². The first-order chi connectivity index (χ1) is 8.35. The average molecular weight is 228 g/mol. The molecule has 0 saturated carbocycles. The van der Waals surface area contributed by atoms with Gasteiger partial charge in [-0.25, -0.2) is 4.98 Å². The van der Waals surface area contributed by atoms with E-state index in [-0.39, 0.29) is 0 Å². The molecule has 0 spiro atoms. The summed E-state index contributed by atoms with van der Waals surface area (Å²) in [6, 6.07) is 7.96. The predicted octanol–water partition coefficient (Wildman–Crippen LogP) is 3.10. The van der Waals surface area contributed by atoms with Gasteiger partial charge in [0.05, 0.1) is 12.8 Å². The van der Waals surface area contributed by atoms with Crippen molar-refractivity contribution in [2.75, 3.05) is 7.11 Å².